The predicted molar refractivity (Wildman–Crippen MR) is 111 cm³/mol. The van der Waals surface area contributed by atoms with Crippen LogP contribution in [0.4, 0.5) is 0 Å². The lowest BCUT2D eigenvalue weighted by Crippen LogP contribution is -2.27. The van der Waals surface area contributed by atoms with Crippen molar-refractivity contribution in [2.45, 2.75) is 52.0 Å². The second-order valence-corrected chi connectivity index (χ2v) is 6.83. The third-order valence-corrected chi connectivity index (χ3v) is 4.62. The fourth-order valence-corrected chi connectivity index (χ4v) is 2.95. The molecule has 0 aliphatic heterocycles. The number of unbranched alkanes of at least 4 members (excludes halogenated alkanes) is 3. The zero-order valence-electron chi connectivity index (χ0n) is 16.2. The average Bonchev–Trinajstić information content (AvgIpc) is 2.71. The number of aryl methyl sites for hydroxylation is 1. The number of benzene rings is 2. The molecule has 0 radical (unpaired) electrons. The van der Waals surface area contributed by atoms with Gasteiger partial charge in [0, 0.05) is 0 Å². The molecule has 0 aromatic heterocycles. The van der Waals surface area contributed by atoms with Crippen molar-refractivity contribution in [1.82, 2.24) is 5.32 Å². The Morgan fingerprint density at radius 2 is 1.78 bits per heavy atom. The Hall–Kier alpha value is -2.86. The van der Waals surface area contributed by atoms with Gasteiger partial charge in [-0.05, 0) is 42.5 Å². The van der Waals surface area contributed by atoms with E-state index in [1.54, 1.807) is 6.08 Å². The van der Waals surface area contributed by atoms with Crippen molar-refractivity contribution in [1.29, 1.82) is 5.26 Å². The summed E-state index contributed by atoms with van der Waals surface area (Å²) in [7, 11) is 0. The van der Waals surface area contributed by atoms with Crippen LogP contribution in [0.2, 0.25) is 0 Å². The van der Waals surface area contributed by atoms with E-state index in [2.05, 4.69) is 24.4 Å². The minimum Gasteiger partial charge on any atom is -0.345 e. The Labute approximate surface area is 162 Å². The number of carbonyl (C=O) groups is 1. The zero-order chi connectivity index (χ0) is 19.5. The van der Waals surface area contributed by atoms with Gasteiger partial charge in [-0.15, -0.1) is 0 Å². The van der Waals surface area contributed by atoms with E-state index in [1.165, 1.54) is 31.2 Å². The van der Waals surface area contributed by atoms with Gasteiger partial charge in [-0.1, -0.05) is 80.8 Å². The molecule has 0 aliphatic carbocycles. The maximum atomic E-state index is 12.4. The van der Waals surface area contributed by atoms with Crippen molar-refractivity contribution in [3.63, 3.8) is 0 Å². The molecule has 3 nitrogen and oxygen atoms in total. The van der Waals surface area contributed by atoms with Gasteiger partial charge in [0.25, 0.3) is 5.91 Å². The lowest BCUT2D eigenvalue weighted by molar-refractivity contribution is -0.117. The van der Waals surface area contributed by atoms with E-state index in [9.17, 15) is 10.1 Å². The van der Waals surface area contributed by atoms with Crippen molar-refractivity contribution >= 4 is 12.0 Å². The molecule has 1 amide bonds. The normalized spacial score (nSPS) is 12.3. The Morgan fingerprint density at radius 1 is 1.07 bits per heavy atom. The lowest BCUT2D eigenvalue weighted by atomic mass is 10.0. The van der Waals surface area contributed by atoms with Gasteiger partial charge in [0.2, 0.25) is 0 Å². The number of hydrogen-bond donors (Lipinski definition) is 1. The molecule has 0 spiro atoms. The first-order chi connectivity index (χ1) is 13.1. The number of nitrogens with zero attached hydrogens (tertiary/aromatic N) is 1. The van der Waals surface area contributed by atoms with Crippen LogP contribution in [0.3, 0.4) is 0 Å². The standard InChI is InChI=1S/C24H28N2O/c1-3-4-5-7-10-20-13-15-21(16-14-20)17-23(18-25)24(27)26-19(2)22-11-8-6-9-12-22/h6,8-9,11-17,19H,3-5,7,10H2,1-2H3,(H,26,27)/b23-17+. The molecule has 2 rings (SSSR count). The number of hydrogen-bond acceptors (Lipinski definition) is 2. The summed E-state index contributed by atoms with van der Waals surface area (Å²) >= 11 is 0. The van der Waals surface area contributed by atoms with Gasteiger partial charge in [-0.2, -0.15) is 5.26 Å². The van der Waals surface area contributed by atoms with E-state index >= 15 is 0 Å². The molecule has 27 heavy (non-hydrogen) atoms. The summed E-state index contributed by atoms with van der Waals surface area (Å²) < 4.78 is 0. The van der Waals surface area contributed by atoms with Crippen molar-refractivity contribution < 1.29 is 4.79 Å². The summed E-state index contributed by atoms with van der Waals surface area (Å²) in [6.45, 7) is 4.13. The van der Waals surface area contributed by atoms with Gasteiger partial charge in [-0.25, -0.2) is 0 Å². The van der Waals surface area contributed by atoms with Crippen molar-refractivity contribution in [3.05, 3.63) is 76.9 Å². The molecule has 2 aromatic carbocycles. The fourth-order valence-electron chi connectivity index (χ4n) is 2.95. The Morgan fingerprint density at radius 3 is 2.41 bits per heavy atom. The summed E-state index contributed by atoms with van der Waals surface area (Å²) in [4.78, 5) is 12.4. The third-order valence-electron chi connectivity index (χ3n) is 4.62. The fraction of sp³-hybridized carbons (Fsp3) is 0.333. The molecule has 0 saturated carbocycles. The molecule has 0 fully saturated rings. The number of nitriles is 1. The molecule has 1 unspecified atom stereocenters. The maximum Gasteiger partial charge on any atom is 0.262 e. The number of carbonyl (C=O) groups excluding carboxylic acids is 1. The second-order valence-electron chi connectivity index (χ2n) is 6.83. The van der Waals surface area contributed by atoms with Crippen LogP contribution in [-0.2, 0) is 11.2 Å². The smallest absolute Gasteiger partial charge is 0.262 e. The Bertz CT molecular complexity index is 785. The minimum atomic E-state index is -0.350. The van der Waals surface area contributed by atoms with Crippen LogP contribution in [0.25, 0.3) is 6.08 Å². The second kappa shape index (κ2) is 11.0. The van der Waals surface area contributed by atoms with E-state index in [1.807, 2.05) is 55.5 Å². The highest BCUT2D eigenvalue weighted by Gasteiger charge is 2.13. The van der Waals surface area contributed by atoms with Crippen LogP contribution in [0.1, 0.15) is 62.3 Å². The van der Waals surface area contributed by atoms with E-state index in [0.717, 1.165) is 17.5 Å². The Kier molecular flexibility index (Phi) is 8.32. The lowest BCUT2D eigenvalue weighted by Gasteiger charge is -2.13. The quantitative estimate of drug-likeness (QED) is 0.360. The number of amides is 1. The minimum absolute atomic E-state index is 0.119. The Balaban J connectivity index is 1.98. The molecular formula is C24H28N2O. The summed E-state index contributed by atoms with van der Waals surface area (Å²) in [5, 5.41) is 12.3. The molecular weight excluding hydrogens is 332 g/mol. The summed E-state index contributed by atoms with van der Waals surface area (Å²) in [6, 6.07) is 19.7. The summed E-state index contributed by atoms with van der Waals surface area (Å²) in [6.07, 6.45) is 7.70. The molecule has 0 aliphatic rings. The zero-order valence-corrected chi connectivity index (χ0v) is 16.2. The molecule has 3 heteroatoms. The van der Waals surface area contributed by atoms with Crippen LogP contribution < -0.4 is 5.32 Å². The van der Waals surface area contributed by atoms with E-state index < -0.39 is 0 Å². The summed E-state index contributed by atoms with van der Waals surface area (Å²) in [5.41, 5.74) is 3.29. The molecule has 140 valence electrons. The highest BCUT2D eigenvalue weighted by Crippen LogP contribution is 2.15. The monoisotopic (exact) mass is 360 g/mol. The highest BCUT2D eigenvalue weighted by atomic mass is 16.1. The SMILES string of the molecule is CCCCCCc1ccc(/C=C(\C#N)C(=O)NC(C)c2ccccc2)cc1. The number of nitrogens with one attached hydrogen (secondary N) is 1. The first-order valence-corrected chi connectivity index (χ1v) is 9.70. The molecule has 0 bridgehead atoms. The first-order valence-electron chi connectivity index (χ1n) is 9.70. The molecule has 2 aromatic rings. The maximum absolute atomic E-state index is 12.4. The average molecular weight is 361 g/mol. The highest BCUT2D eigenvalue weighted by molar-refractivity contribution is 6.01. The van der Waals surface area contributed by atoms with E-state index in [-0.39, 0.29) is 17.5 Å². The molecule has 0 heterocycles. The van der Waals surface area contributed by atoms with Gasteiger partial charge in [0.15, 0.2) is 0 Å². The van der Waals surface area contributed by atoms with Gasteiger partial charge in [-0.3, -0.25) is 4.79 Å². The van der Waals surface area contributed by atoms with Gasteiger partial charge in [0.05, 0.1) is 6.04 Å². The van der Waals surface area contributed by atoms with Gasteiger partial charge >= 0.3 is 0 Å². The molecule has 1 atom stereocenters. The van der Waals surface area contributed by atoms with Crippen LogP contribution in [0.15, 0.2) is 60.2 Å². The summed E-state index contributed by atoms with van der Waals surface area (Å²) in [5.74, 6) is -0.350. The van der Waals surface area contributed by atoms with Crippen LogP contribution in [0, 0.1) is 11.3 Å². The van der Waals surface area contributed by atoms with Crippen molar-refractivity contribution in [2.75, 3.05) is 0 Å². The van der Waals surface area contributed by atoms with Gasteiger partial charge < -0.3 is 5.32 Å². The van der Waals surface area contributed by atoms with E-state index in [0.29, 0.717) is 0 Å². The number of rotatable bonds is 9. The predicted octanol–water partition coefficient (Wildman–Crippen LogP) is 5.59. The molecule has 0 saturated heterocycles. The van der Waals surface area contributed by atoms with Crippen molar-refractivity contribution in [3.8, 4) is 6.07 Å². The van der Waals surface area contributed by atoms with Crippen LogP contribution in [-0.4, -0.2) is 5.91 Å². The van der Waals surface area contributed by atoms with Crippen molar-refractivity contribution in [2.24, 2.45) is 0 Å². The first kappa shape index (κ1) is 20.5. The van der Waals surface area contributed by atoms with E-state index in [4.69, 9.17) is 0 Å². The molecule has 1 N–H and O–H groups in total. The topological polar surface area (TPSA) is 52.9 Å². The van der Waals surface area contributed by atoms with Crippen LogP contribution >= 0.6 is 0 Å². The van der Waals surface area contributed by atoms with Gasteiger partial charge in [0.1, 0.15) is 11.6 Å². The largest absolute Gasteiger partial charge is 0.345 e. The van der Waals surface area contributed by atoms with Crippen LogP contribution in [0.5, 0.6) is 0 Å². The third kappa shape index (κ3) is 6.75.